The molecule has 1 aliphatic heterocycles. The first kappa shape index (κ1) is 22.8. The summed E-state index contributed by atoms with van der Waals surface area (Å²) in [5, 5.41) is 5.91. The van der Waals surface area contributed by atoms with Crippen molar-refractivity contribution in [3.8, 4) is 0 Å². The highest BCUT2D eigenvalue weighted by Gasteiger charge is 2.26. The van der Waals surface area contributed by atoms with Crippen molar-refractivity contribution in [1.82, 2.24) is 14.3 Å². The predicted molar refractivity (Wildman–Crippen MR) is 125 cm³/mol. The summed E-state index contributed by atoms with van der Waals surface area (Å²) in [5.41, 5.74) is 3.46. The van der Waals surface area contributed by atoms with Crippen molar-refractivity contribution < 1.29 is 17.9 Å². The molecule has 2 N–H and O–H groups in total. The van der Waals surface area contributed by atoms with Crippen LogP contribution in [0.1, 0.15) is 21.7 Å². The van der Waals surface area contributed by atoms with Crippen LogP contribution >= 0.6 is 0 Å². The Hall–Kier alpha value is -3.34. The third-order valence-corrected chi connectivity index (χ3v) is 7.02. The summed E-state index contributed by atoms with van der Waals surface area (Å²) in [6.07, 6.45) is 0. The van der Waals surface area contributed by atoms with Crippen LogP contribution in [0.5, 0.6) is 0 Å². The van der Waals surface area contributed by atoms with Gasteiger partial charge in [-0.1, -0.05) is 0 Å². The Morgan fingerprint density at radius 1 is 0.909 bits per heavy atom. The summed E-state index contributed by atoms with van der Waals surface area (Å²) in [6, 6.07) is 15.0. The number of aryl methyl sites for hydroxylation is 2. The van der Waals surface area contributed by atoms with Gasteiger partial charge in [0.1, 0.15) is 0 Å². The fourth-order valence-corrected chi connectivity index (χ4v) is 4.87. The van der Waals surface area contributed by atoms with Crippen LogP contribution in [-0.2, 0) is 14.8 Å². The molecule has 0 aliphatic carbocycles. The van der Waals surface area contributed by atoms with E-state index in [-0.39, 0.29) is 10.8 Å². The van der Waals surface area contributed by atoms with E-state index in [0.717, 1.165) is 17.1 Å². The standard InChI is InChI=1S/C23H25N5O4S/c1-16-15-17(2)25-23(24-16)27-20-5-3-18(4-6-20)22(29)26-19-7-9-21(10-8-19)33(30,31)28-11-13-32-14-12-28/h3-10,15H,11-14H2,1-2H3,(H,26,29)(H,24,25,27). The molecule has 172 valence electrons. The zero-order valence-electron chi connectivity index (χ0n) is 18.4. The van der Waals surface area contributed by atoms with E-state index in [9.17, 15) is 13.2 Å². The van der Waals surface area contributed by atoms with Gasteiger partial charge in [0.25, 0.3) is 5.91 Å². The van der Waals surface area contributed by atoms with E-state index in [1.54, 1.807) is 36.4 Å². The molecule has 0 radical (unpaired) electrons. The molecule has 0 unspecified atom stereocenters. The second kappa shape index (κ2) is 9.65. The van der Waals surface area contributed by atoms with Crippen molar-refractivity contribution in [1.29, 1.82) is 0 Å². The van der Waals surface area contributed by atoms with Crippen LogP contribution in [0.2, 0.25) is 0 Å². The summed E-state index contributed by atoms with van der Waals surface area (Å²) < 4.78 is 32.0. The van der Waals surface area contributed by atoms with Crippen LogP contribution in [0.15, 0.2) is 59.5 Å². The number of rotatable bonds is 6. The SMILES string of the molecule is Cc1cc(C)nc(Nc2ccc(C(=O)Nc3ccc(S(=O)(=O)N4CCOCC4)cc3)cc2)n1. The highest BCUT2D eigenvalue weighted by Crippen LogP contribution is 2.20. The van der Waals surface area contributed by atoms with E-state index in [4.69, 9.17) is 4.74 Å². The highest BCUT2D eigenvalue weighted by molar-refractivity contribution is 7.89. The van der Waals surface area contributed by atoms with E-state index in [2.05, 4.69) is 20.6 Å². The largest absolute Gasteiger partial charge is 0.379 e. The number of sulfonamides is 1. The number of morpholine rings is 1. The van der Waals surface area contributed by atoms with E-state index < -0.39 is 10.0 Å². The van der Waals surface area contributed by atoms with Crippen molar-refractivity contribution in [3.05, 3.63) is 71.5 Å². The first-order valence-corrected chi connectivity index (χ1v) is 11.9. The topological polar surface area (TPSA) is 114 Å². The lowest BCUT2D eigenvalue weighted by Gasteiger charge is -2.26. The summed E-state index contributed by atoms with van der Waals surface area (Å²) >= 11 is 0. The number of benzene rings is 2. The molecular weight excluding hydrogens is 442 g/mol. The number of anilines is 3. The Morgan fingerprint density at radius 2 is 1.48 bits per heavy atom. The quantitative estimate of drug-likeness (QED) is 0.573. The number of hydrogen-bond acceptors (Lipinski definition) is 7. The van der Waals surface area contributed by atoms with Gasteiger partial charge in [-0.05, 0) is 68.4 Å². The fourth-order valence-electron chi connectivity index (χ4n) is 3.47. The van der Waals surface area contributed by atoms with E-state index in [0.29, 0.717) is 43.5 Å². The average molecular weight is 468 g/mol. The van der Waals surface area contributed by atoms with Crippen LogP contribution in [0.4, 0.5) is 17.3 Å². The number of carbonyl (C=O) groups excluding carboxylic acids is 1. The summed E-state index contributed by atoms with van der Waals surface area (Å²) in [5.74, 6) is 0.199. The van der Waals surface area contributed by atoms with Crippen LogP contribution in [0.3, 0.4) is 0 Å². The minimum absolute atomic E-state index is 0.187. The second-order valence-corrected chi connectivity index (χ2v) is 9.61. The molecule has 10 heteroatoms. The molecule has 4 rings (SSSR count). The van der Waals surface area contributed by atoms with Gasteiger partial charge in [0, 0.05) is 41.4 Å². The smallest absolute Gasteiger partial charge is 0.255 e. The molecule has 0 spiro atoms. The number of nitrogens with zero attached hydrogens (tertiary/aromatic N) is 3. The number of carbonyl (C=O) groups is 1. The molecule has 1 aliphatic rings. The average Bonchev–Trinajstić information content (AvgIpc) is 2.80. The molecule has 1 fully saturated rings. The molecule has 1 aromatic heterocycles. The van der Waals surface area contributed by atoms with E-state index in [1.807, 2.05) is 19.9 Å². The summed E-state index contributed by atoms with van der Waals surface area (Å²) in [4.78, 5) is 21.5. The Bertz CT molecular complexity index is 1220. The maximum Gasteiger partial charge on any atom is 0.255 e. The first-order chi connectivity index (χ1) is 15.8. The van der Waals surface area contributed by atoms with Gasteiger partial charge in [0.15, 0.2) is 0 Å². The van der Waals surface area contributed by atoms with Gasteiger partial charge in [-0.25, -0.2) is 18.4 Å². The lowest BCUT2D eigenvalue weighted by atomic mass is 10.2. The fraction of sp³-hybridized carbons (Fsp3) is 0.261. The number of amides is 1. The van der Waals surface area contributed by atoms with E-state index in [1.165, 1.54) is 16.4 Å². The Kier molecular flexibility index (Phi) is 6.68. The number of ether oxygens (including phenoxy) is 1. The van der Waals surface area contributed by atoms with Gasteiger partial charge in [-0.15, -0.1) is 0 Å². The second-order valence-electron chi connectivity index (χ2n) is 7.67. The Balaban J connectivity index is 1.39. The van der Waals surface area contributed by atoms with E-state index >= 15 is 0 Å². The normalized spacial score (nSPS) is 14.6. The van der Waals surface area contributed by atoms with Crippen molar-refractivity contribution >= 4 is 33.3 Å². The number of nitrogens with one attached hydrogen (secondary N) is 2. The Morgan fingerprint density at radius 3 is 2.09 bits per heavy atom. The highest BCUT2D eigenvalue weighted by atomic mass is 32.2. The molecule has 3 aromatic rings. The predicted octanol–water partition coefficient (Wildman–Crippen LogP) is 3.11. The maximum absolute atomic E-state index is 12.7. The minimum Gasteiger partial charge on any atom is -0.379 e. The van der Waals surface area contributed by atoms with Crippen molar-refractivity contribution in [2.75, 3.05) is 36.9 Å². The van der Waals surface area contributed by atoms with Crippen molar-refractivity contribution in [2.24, 2.45) is 0 Å². The van der Waals surface area contributed by atoms with Gasteiger partial charge in [0.2, 0.25) is 16.0 Å². The van der Waals surface area contributed by atoms with Crippen LogP contribution in [-0.4, -0.2) is 54.9 Å². The van der Waals surface area contributed by atoms with Crippen LogP contribution in [0.25, 0.3) is 0 Å². The first-order valence-electron chi connectivity index (χ1n) is 10.5. The number of aromatic nitrogens is 2. The van der Waals surface area contributed by atoms with Crippen LogP contribution < -0.4 is 10.6 Å². The zero-order valence-corrected chi connectivity index (χ0v) is 19.2. The van der Waals surface area contributed by atoms with Crippen LogP contribution in [0, 0.1) is 13.8 Å². The molecule has 0 saturated carbocycles. The molecule has 1 amide bonds. The molecule has 2 heterocycles. The van der Waals surface area contributed by atoms with Gasteiger partial charge in [0.05, 0.1) is 18.1 Å². The third kappa shape index (κ3) is 5.54. The molecule has 2 aromatic carbocycles. The molecule has 9 nitrogen and oxygen atoms in total. The summed E-state index contributed by atoms with van der Waals surface area (Å²) in [7, 11) is -3.57. The van der Waals surface area contributed by atoms with Crippen molar-refractivity contribution in [3.63, 3.8) is 0 Å². The lowest BCUT2D eigenvalue weighted by Crippen LogP contribution is -2.40. The monoisotopic (exact) mass is 467 g/mol. The molecule has 33 heavy (non-hydrogen) atoms. The number of hydrogen-bond donors (Lipinski definition) is 2. The molecule has 1 saturated heterocycles. The van der Waals surface area contributed by atoms with Gasteiger partial charge in [-0.2, -0.15) is 4.31 Å². The maximum atomic E-state index is 12.7. The van der Waals surface area contributed by atoms with Crippen molar-refractivity contribution in [2.45, 2.75) is 18.7 Å². The third-order valence-electron chi connectivity index (χ3n) is 5.11. The molecule has 0 bridgehead atoms. The lowest BCUT2D eigenvalue weighted by molar-refractivity contribution is 0.0730. The summed E-state index contributed by atoms with van der Waals surface area (Å²) in [6.45, 7) is 5.25. The van der Waals surface area contributed by atoms with Gasteiger partial charge < -0.3 is 15.4 Å². The minimum atomic E-state index is -3.57. The molecular formula is C23H25N5O4S. The zero-order chi connectivity index (χ0) is 23.4. The Labute approximate surface area is 192 Å². The van der Waals surface area contributed by atoms with Gasteiger partial charge in [-0.3, -0.25) is 4.79 Å². The van der Waals surface area contributed by atoms with Gasteiger partial charge >= 0.3 is 0 Å². The molecule has 0 atom stereocenters.